The molecular weight excluding hydrogens is 316 g/mol. The average molecular weight is 353 g/mol. The first-order valence-corrected chi connectivity index (χ1v) is 11.3. The molecule has 1 nitrogen and oxygen atoms in total. The van der Waals surface area contributed by atoms with Gasteiger partial charge in [-0.1, -0.05) is 57.0 Å². The molecule has 1 aromatic carbocycles. The summed E-state index contributed by atoms with van der Waals surface area (Å²) in [6.07, 6.45) is 13.5. The van der Waals surface area contributed by atoms with Gasteiger partial charge in [0, 0.05) is 5.41 Å². The monoisotopic (exact) mass is 352 g/mol. The van der Waals surface area contributed by atoms with Gasteiger partial charge in [0.15, 0.2) is 0 Å². The summed E-state index contributed by atoms with van der Waals surface area (Å²) in [7, 11) is 0. The second-order valence-electron chi connectivity index (χ2n) is 10.6. The zero-order valence-corrected chi connectivity index (χ0v) is 16.7. The first kappa shape index (κ1) is 17.3. The Bertz CT molecular complexity index is 668. The van der Waals surface area contributed by atoms with Crippen LogP contribution in [0, 0.1) is 34.5 Å². The van der Waals surface area contributed by atoms with E-state index in [9.17, 15) is 5.11 Å². The van der Waals surface area contributed by atoms with Crippen LogP contribution in [0.5, 0.6) is 0 Å². The third kappa shape index (κ3) is 2.13. The van der Waals surface area contributed by atoms with Crippen molar-refractivity contribution >= 4 is 0 Å². The van der Waals surface area contributed by atoms with Crippen LogP contribution in [0.3, 0.4) is 0 Å². The minimum Gasteiger partial charge on any atom is -0.385 e. The van der Waals surface area contributed by atoms with Crippen LogP contribution < -0.4 is 0 Å². The van der Waals surface area contributed by atoms with Crippen LogP contribution in [0.15, 0.2) is 30.3 Å². The Morgan fingerprint density at radius 2 is 1.58 bits per heavy atom. The highest BCUT2D eigenvalue weighted by atomic mass is 16.3. The highest BCUT2D eigenvalue weighted by Gasteiger charge is 2.64. The number of rotatable bonds is 1. The van der Waals surface area contributed by atoms with Crippen molar-refractivity contribution in [3.63, 3.8) is 0 Å². The molecule has 0 radical (unpaired) electrons. The van der Waals surface area contributed by atoms with Gasteiger partial charge in [-0.25, -0.2) is 0 Å². The van der Waals surface area contributed by atoms with Crippen molar-refractivity contribution in [2.45, 2.75) is 83.7 Å². The average Bonchev–Trinajstić information content (AvgIpc) is 2.94. The van der Waals surface area contributed by atoms with Crippen LogP contribution in [0.4, 0.5) is 0 Å². The lowest BCUT2D eigenvalue weighted by atomic mass is 9.44. The quantitative estimate of drug-likeness (QED) is 0.628. The van der Waals surface area contributed by atoms with E-state index < -0.39 is 5.60 Å². The number of aliphatic hydroxyl groups is 1. The van der Waals surface area contributed by atoms with Crippen LogP contribution in [0.2, 0.25) is 0 Å². The topological polar surface area (TPSA) is 20.2 Å². The molecule has 4 aliphatic carbocycles. The van der Waals surface area contributed by atoms with Gasteiger partial charge in [-0.3, -0.25) is 0 Å². The van der Waals surface area contributed by atoms with Crippen molar-refractivity contribution in [3.05, 3.63) is 35.9 Å². The van der Waals surface area contributed by atoms with E-state index in [0.29, 0.717) is 11.3 Å². The van der Waals surface area contributed by atoms with Crippen LogP contribution in [-0.2, 0) is 5.60 Å². The SMILES string of the molecule is C[C@]12CCCC[C@@H]1CC[C@H]1[C@H]2CC[C@]2(C)[C@@H]1CC[C@@]2(O)c1ccccc1. The molecule has 0 heterocycles. The number of benzene rings is 1. The second-order valence-corrected chi connectivity index (χ2v) is 10.6. The molecule has 0 unspecified atom stereocenters. The Morgan fingerprint density at radius 3 is 2.38 bits per heavy atom. The van der Waals surface area contributed by atoms with Crippen LogP contribution in [0.1, 0.15) is 83.6 Å². The van der Waals surface area contributed by atoms with E-state index >= 15 is 0 Å². The summed E-state index contributed by atoms with van der Waals surface area (Å²) < 4.78 is 0. The van der Waals surface area contributed by atoms with E-state index in [1.165, 1.54) is 63.4 Å². The van der Waals surface area contributed by atoms with Gasteiger partial charge in [0.05, 0.1) is 5.60 Å². The molecule has 4 fully saturated rings. The second kappa shape index (κ2) is 5.84. The minimum atomic E-state index is -0.617. The molecule has 0 saturated heterocycles. The Morgan fingerprint density at radius 1 is 0.808 bits per heavy atom. The Hall–Kier alpha value is -0.820. The smallest absolute Gasteiger partial charge is 0.0952 e. The molecule has 1 N–H and O–H groups in total. The van der Waals surface area contributed by atoms with Gasteiger partial charge in [0.25, 0.3) is 0 Å². The van der Waals surface area contributed by atoms with Gasteiger partial charge >= 0.3 is 0 Å². The third-order valence-electron chi connectivity index (χ3n) is 9.99. The minimum absolute atomic E-state index is 0.0629. The molecule has 0 spiro atoms. The molecule has 1 heteroatoms. The summed E-state index contributed by atoms with van der Waals surface area (Å²) >= 11 is 0. The Labute approximate surface area is 159 Å². The summed E-state index contributed by atoms with van der Waals surface area (Å²) in [4.78, 5) is 0. The van der Waals surface area contributed by atoms with Gasteiger partial charge < -0.3 is 5.11 Å². The summed E-state index contributed by atoms with van der Waals surface area (Å²) in [5.41, 5.74) is 1.21. The molecule has 0 bridgehead atoms. The number of hydrogen-bond acceptors (Lipinski definition) is 1. The van der Waals surface area contributed by atoms with E-state index in [0.717, 1.165) is 24.2 Å². The third-order valence-corrected chi connectivity index (χ3v) is 9.99. The highest BCUT2D eigenvalue weighted by Crippen LogP contribution is 2.69. The van der Waals surface area contributed by atoms with E-state index in [1.807, 2.05) is 0 Å². The van der Waals surface area contributed by atoms with Gasteiger partial charge in [-0.15, -0.1) is 0 Å². The lowest BCUT2D eigenvalue weighted by Crippen LogP contribution is -2.55. The maximum atomic E-state index is 11.9. The first-order valence-electron chi connectivity index (χ1n) is 11.3. The van der Waals surface area contributed by atoms with Crippen LogP contribution in [-0.4, -0.2) is 5.11 Å². The predicted octanol–water partition coefficient (Wildman–Crippen LogP) is 6.31. The van der Waals surface area contributed by atoms with E-state index in [4.69, 9.17) is 0 Å². The van der Waals surface area contributed by atoms with Gasteiger partial charge in [-0.2, -0.15) is 0 Å². The molecule has 0 aromatic heterocycles. The molecule has 4 saturated carbocycles. The molecule has 5 rings (SSSR count). The van der Waals surface area contributed by atoms with Crippen molar-refractivity contribution in [2.24, 2.45) is 34.5 Å². The number of fused-ring (bicyclic) bond motifs is 5. The van der Waals surface area contributed by atoms with Crippen molar-refractivity contribution in [1.29, 1.82) is 0 Å². The van der Waals surface area contributed by atoms with Gasteiger partial charge in [-0.05, 0) is 86.0 Å². The van der Waals surface area contributed by atoms with Crippen molar-refractivity contribution < 1.29 is 5.11 Å². The first-order chi connectivity index (χ1) is 12.5. The largest absolute Gasteiger partial charge is 0.385 e. The van der Waals surface area contributed by atoms with Crippen molar-refractivity contribution in [3.8, 4) is 0 Å². The fourth-order valence-corrected chi connectivity index (χ4v) is 8.50. The highest BCUT2D eigenvalue weighted by molar-refractivity contribution is 5.29. The predicted molar refractivity (Wildman–Crippen MR) is 107 cm³/mol. The lowest BCUT2D eigenvalue weighted by molar-refractivity contribution is -0.154. The molecule has 142 valence electrons. The molecule has 26 heavy (non-hydrogen) atoms. The normalized spacial score (nSPS) is 50.6. The fourth-order valence-electron chi connectivity index (χ4n) is 8.50. The molecule has 1 aromatic rings. The summed E-state index contributed by atoms with van der Waals surface area (Å²) in [6, 6.07) is 10.6. The molecule has 7 atom stereocenters. The molecule has 4 aliphatic rings. The van der Waals surface area contributed by atoms with Crippen LogP contribution in [0.25, 0.3) is 0 Å². The van der Waals surface area contributed by atoms with Gasteiger partial charge in [0.1, 0.15) is 0 Å². The maximum absolute atomic E-state index is 11.9. The van der Waals surface area contributed by atoms with Crippen molar-refractivity contribution in [2.75, 3.05) is 0 Å². The molecule has 0 amide bonds. The Balaban J connectivity index is 1.49. The zero-order valence-electron chi connectivity index (χ0n) is 16.7. The van der Waals surface area contributed by atoms with Crippen molar-refractivity contribution in [1.82, 2.24) is 0 Å². The fraction of sp³-hybridized carbons (Fsp3) is 0.760. The maximum Gasteiger partial charge on any atom is 0.0952 e. The zero-order chi connectivity index (χ0) is 18.0. The number of hydrogen-bond donors (Lipinski definition) is 1. The van der Waals surface area contributed by atoms with E-state index in [-0.39, 0.29) is 5.41 Å². The van der Waals surface area contributed by atoms with E-state index in [2.05, 4.69) is 44.2 Å². The molecule has 0 aliphatic heterocycles. The summed E-state index contributed by atoms with van der Waals surface area (Å²) in [5, 5.41) is 11.9. The standard InChI is InChI=1S/C25H36O/c1-23-15-7-6-8-18(23)11-12-20-21(23)13-16-24(2)22(20)14-17-25(24,26)19-9-4-3-5-10-19/h3-5,9-10,18,20-22,26H,6-8,11-17H2,1-2H3/t18-,20+,21-,22-,23+,24-,25-/m1/s1. The summed E-state index contributed by atoms with van der Waals surface area (Å²) in [5.74, 6) is 3.46. The summed E-state index contributed by atoms with van der Waals surface area (Å²) in [6.45, 7) is 5.08. The lowest BCUT2D eigenvalue weighted by Gasteiger charge is -2.61. The van der Waals surface area contributed by atoms with E-state index in [1.54, 1.807) is 0 Å². The Kier molecular flexibility index (Phi) is 3.88. The van der Waals surface area contributed by atoms with Crippen LogP contribution >= 0.6 is 0 Å². The van der Waals surface area contributed by atoms with Gasteiger partial charge in [0.2, 0.25) is 0 Å². The molecular formula is C25H36O.